The number of hydrogen-bond acceptors (Lipinski definition) is 4. The molecule has 4 rings (SSSR count). The van der Waals surface area contributed by atoms with Crippen molar-refractivity contribution >= 4 is 21.8 Å². The zero-order valence-electron chi connectivity index (χ0n) is 13.1. The van der Waals surface area contributed by atoms with Gasteiger partial charge in [0.15, 0.2) is 5.16 Å². The minimum Gasteiger partial charge on any atom is -0.496 e. The van der Waals surface area contributed by atoms with E-state index in [0.29, 0.717) is 16.2 Å². The van der Waals surface area contributed by atoms with E-state index in [1.54, 1.807) is 19.4 Å². The molecule has 2 atom stereocenters. The van der Waals surface area contributed by atoms with Gasteiger partial charge in [-0.2, -0.15) is 0 Å². The van der Waals surface area contributed by atoms with Gasteiger partial charge in [-0.15, -0.1) is 0 Å². The van der Waals surface area contributed by atoms with Gasteiger partial charge in [0.25, 0.3) is 0 Å². The Bertz CT molecular complexity index is 941. The number of hydrogen-bond donors (Lipinski definition) is 1. The molecular formula is C17H16FN3O2S. The molecule has 3 aromatic rings. The molecule has 5 nitrogen and oxygen atoms in total. The van der Waals surface area contributed by atoms with Crippen LogP contribution in [0.3, 0.4) is 0 Å². The van der Waals surface area contributed by atoms with Gasteiger partial charge in [-0.1, -0.05) is 0 Å². The molecule has 0 spiro atoms. The summed E-state index contributed by atoms with van der Waals surface area (Å²) in [4.78, 5) is 11.8. The lowest BCUT2D eigenvalue weighted by atomic mass is 9.95. The Labute approximate surface area is 140 Å². The van der Waals surface area contributed by atoms with Gasteiger partial charge in [0, 0.05) is 11.8 Å². The first-order valence-corrected chi connectivity index (χ1v) is 8.96. The molecule has 2 aromatic heterocycles. The standard InChI is InChI=1S/C17H16FN3O2S/c1-23-14-7-8-19-16-11(14)3-2-4-15(16)24(22)17-20-12-6-5-10(18)9-13(12)21-17/h5-9,15H,2-4H2,1H3,(H,20,21). The third kappa shape index (κ3) is 2.49. The number of nitrogens with one attached hydrogen (secondary N) is 1. The molecule has 7 heteroatoms. The molecule has 0 aliphatic heterocycles. The number of fused-ring (bicyclic) bond motifs is 2. The number of pyridine rings is 1. The Morgan fingerprint density at radius 2 is 2.25 bits per heavy atom. The summed E-state index contributed by atoms with van der Waals surface area (Å²) in [5, 5.41) is 0.118. The number of imidazole rings is 1. The van der Waals surface area contributed by atoms with E-state index in [1.807, 2.05) is 6.07 Å². The molecule has 24 heavy (non-hydrogen) atoms. The summed E-state index contributed by atoms with van der Waals surface area (Å²) >= 11 is 0. The molecule has 1 N–H and O–H groups in total. The molecule has 0 radical (unpaired) electrons. The molecule has 0 bridgehead atoms. The van der Waals surface area contributed by atoms with Crippen LogP contribution in [-0.4, -0.2) is 26.3 Å². The zero-order valence-corrected chi connectivity index (χ0v) is 13.9. The smallest absolute Gasteiger partial charge is 0.198 e. The number of methoxy groups -OCH3 is 1. The van der Waals surface area contributed by atoms with Crippen LogP contribution in [0.4, 0.5) is 4.39 Å². The Morgan fingerprint density at radius 1 is 1.38 bits per heavy atom. The van der Waals surface area contributed by atoms with E-state index in [2.05, 4.69) is 15.0 Å². The number of H-pyrrole nitrogens is 1. The van der Waals surface area contributed by atoms with E-state index in [1.165, 1.54) is 12.1 Å². The molecule has 1 aromatic carbocycles. The topological polar surface area (TPSA) is 67.9 Å². The Hall–Kier alpha value is -2.28. The van der Waals surface area contributed by atoms with Crippen molar-refractivity contribution < 1.29 is 13.3 Å². The summed E-state index contributed by atoms with van der Waals surface area (Å²) < 4.78 is 31.8. The first kappa shape index (κ1) is 15.3. The molecule has 0 saturated heterocycles. The van der Waals surface area contributed by atoms with Gasteiger partial charge >= 0.3 is 0 Å². The lowest BCUT2D eigenvalue weighted by Crippen LogP contribution is -2.17. The second-order valence-corrected chi connectivity index (χ2v) is 7.31. The summed E-state index contributed by atoms with van der Waals surface area (Å²) in [7, 11) is 0.241. The van der Waals surface area contributed by atoms with Crippen LogP contribution in [0.15, 0.2) is 35.6 Å². The van der Waals surface area contributed by atoms with Crippen molar-refractivity contribution in [1.29, 1.82) is 0 Å². The summed E-state index contributed by atoms with van der Waals surface area (Å²) in [6, 6.07) is 6.11. The van der Waals surface area contributed by atoms with E-state index in [-0.39, 0.29) is 11.1 Å². The van der Waals surface area contributed by atoms with Crippen LogP contribution in [0.2, 0.25) is 0 Å². The normalized spacial score (nSPS) is 18.3. The highest BCUT2D eigenvalue weighted by molar-refractivity contribution is 7.85. The minimum absolute atomic E-state index is 0.241. The second kappa shape index (κ2) is 5.98. The highest BCUT2D eigenvalue weighted by Crippen LogP contribution is 2.38. The fourth-order valence-electron chi connectivity index (χ4n) is 3.21. The van der Waals surface area contributed by atoms with Crippen molar-refractivity contribution in [2.24, 2.45) is 0 Å². The number of ether oxygens (including phenoxy) is 1. The third-order valence-electron chi connectivity index (χ3n) is 4.34. The van der Waals surface area contributed by atoms with E-state index in [9.17, 15) is 8.60 Å². The summed E-state index contributed by atoms with van der Waals surface area (Å²) in [6.07, 6.45) is 4.23. The Morgan fingerprint density at radius 3 is 3.08 bits per heavy atom. The van der Waals surface area contributed by atoms with Crippen LogP contribution in [0.25, 0.3) is 11.0 Å². The van der Waals surface area contributed by atoms with Crippen LogP contribution in [0, 0.1) is 5.82 Å². The van der Waals surface area contributed by atoms with Gasteiger partial charge < -0.3 is 9.72 Å². The minimum atomic E-state index is -1.39. The molecule has 0 amide bonds. The monoisotopic (exact) mass is 345 g/mol. The summed E-state index contributed by atoms with van der Waals surface area (Å²) in [6.45, 7) is 0. The maximum absolute atomic E-state index is 13.3. The number of halogens is 1. The van der Waals surface area contributed by atoms with Crippen LogP contribution >= 0.6 is 0 Å². The van der Waals surface area contributed by atoms with E-state index in [4.69, 9.17) is 4.74 Å². The van der Waals surface area contributed by atoms with Crippen LogP contribution in [-0.2, 0) is 17.2 Å². The van der Waals surface area contributed by atoms with Gasteiger partial charge in [0.05, 0.1) is 39.9 Å². The first-order chi connectivity index (χ1) is 11.7. The number of aromatic nitrogens is 3. The average Bonchev–Trinajstić information content (AvgIpc) is 3.03. The molecule has 1 aliphatic rings. The van der Waals surface area contributed by atoms with Crippen molar-refractivity contribution in [3.63, 3.8) is 0 Å². The van der Waals surface area contributed by atoms with Crippen molar-refractivity contribution in [1.82, 2.24) is 15.0 Å². The van der Waals surface area contributed by atoms with Crippen molar-refractivity contribution in [3.05, 3.63) is 47.5 Å². The number of rotatable bonds is 3. The molecule has 0 saturated carbocycles. The van der Waals surface area contributed by atoms with Gasteiger partial charge in [-0.05, 0) is 43.5 Å². The van der Waals surface area contributed by atoms with E-state index >= 15 is 0 Å². The van der Waals surface area contributed by atoms with Gasteiger partial charge in [-0.3, -0.25) is 9.19 Å². The lowest BCUT2D eigenvalue weighted by Gasteiger charge is -2.24. The number of nitrogens with zero attached hydrogens (tertiary/aromatic N) is 2. The van der Waals surface area contributed by atoms with Gasteiger partial charge in [-0.25, -0.2) is 9.37 Å². The Balaban J connectivity index is 1.75. The summed E-state index contributed by atoms with van der Waals surface area (Å²) in [5.74, 6) is 0.436. The predicted molar refractivity (Wildman–Crippen MR) is 88.9 cm³/mol. The first-order valence-electron chi connectivity index (χ1n) is 7.75. The number of aromatic amines is 1. The third-order valence-corrected chi connectivity index (χ3v) is 5.89. The van der Waals surface area contributed by atoms with Gasteiger partial charge in [0.2, 0.25) is 0 Å². The number of benzene rings is 1. The fraction of sp³-hybridized carbons (Fsp3) is 0.294. The molecular weight excluding hydrogens is 329 g/mol. The predicted octanol–water partition coefficient (Wildman–Crippen LogP) is 3.29. The largest absolute Gasteiger partial charge is 0.496 e. The Kier molecular flexibility index (Phi) is 3.80. The fourth-order valence-corrected chi connectivity index (χ4v) is 4.66. The van der Waals surface area contributed by atoms with E-state index < -0.39 is 10.8 Å². The lowest BCUT2D eigenvalue weighted by molar-refractivity contribution is 0.404. The molecule has 0 fully saturated rings. The summed E-state index contributed by atoms with van der Waals surface area (Å²) in [5.41, 5.74) is 2.99. The molecule has 124 valence electrons. The van der Waals surface area contributed by atoms with Crippen LogP contribution in [0.5, 0.6) is 5.75 Å². The highest BCUT2D eigenvalue weighted by Gasteiger charge is 2.31. The SMILES string of the molecule is COc1ccnc2c1CCCC2S(=O)c1nc2ccc(F)cc2[nH]1. The highest BCUT2D eigenvalue weighted by atomic mass is 32.2. The molecule has 2 heterocycles. The second-order valence-electron chi connectivity index (χ2n) is 5.76. The molecule has 1 aliphatic carbocycles. The van der Waals surface area contributed by atoms with Crippen molar-refractivity contribution in [2.75, 3.05) is 7.11 Å². The average molecular weight is 345 g/mol. The van der Waals surface area contributed by atoms with Crippen molar-refractivity contribution in [2.45, 2.75) is 29.7 Å². The van der Waals surface area contributed by atoms with Crippen molar-refractivity contribution in [3.8, 4) is 5.75 Å². The zero-order chi connectivity index (χ0) is 16.7. The maximum atomic E-state index is 13.3. The maximum Gasteiger partial charge on any atom is 0.198 e. The quantitative estimate of drug-likeness (QED) is 0.791. The van der Waals surface area contributed by atoms with E-state index in [0.717, 1.165) is 36.3 Å². The molecule has 2 unspecified atom stereocenters. The van der Waals surface area contributed by atoms with Gasteiger partial charge in [0.1, 0.15) is 11.6 Å². The van der Waals surface area contributed by atoms with Crippen LogP contribution in [0.1, 0.15) is 29.3 Å². The van der Waals surface area contributed by atoms with Crippen LogP contribution < -0.4 is 4.74 Å².